The van der Waals surface area contributed by atoms with Gasteiger partial charge in [0.05, 0.1) is 16.7 Å². The maximum Gasteiger partial charge on any atom is 0.194 e. The number of pyridine rings is 1. The lowest BCUT2D eigenvalue weighted by Crippen LogP contribution is -1.93. The van der Waals surface area contributed by atoms with Gasteiger partial charge < -0.3 is 5.73 Å². The van der Waals surface area contributed by atoms with Gasteiger partial charge in [-0.1, -0.05) is 54.6 Å². The number of aromatic nitrogens is 1. The normalized spacial score (nSPS) is 10.5. The van der Waals surface area contributed by atoms with E-state index in [9.17, 15) is 0 Å². The lowest BCUT2D eigenvalue weighted by Gasteiger charge is -2.08. The smallest absolute Gasteiger partial charge is 0.194 e. The van der Waals surface area contributed by atoms with Gasteiger partial charge in [-0.25, -0.2) is 4.98 Å². The molecule has 0 saturated carbocycles. The van der Waals surface area contributed by atoms with Crippen molar-refractivity contribution in [2.75, 3.05) is 12.8 Å². The van der Waals surface area contributed by atoms with Gasteiger partial charge in [-0.05, 0) is 11.5 Å². The minimum atomic E-state index is -0.500. The van der Waals surface area contributed by atoms with Crippen LogP contribution in [0.15, 0.2) is 60.7 Å². The molecule has 0 unspecified atom stereocenters. The Hall–Kier alpha value is -3.21. The Morgan fingerprint density at radius 2 is 1.52 bits per heavy atom. The van der Waals surface area contributed by atoms with Gasteiger partial charge in [0, 0.05) is 21.1 Å². The highest BCUT2D eigenvalue weighted by Gasteiger charge is 2.08. The van der Waals surface area contributed by atoms with Crippen LogP contribution in [0.3, 0.4) is 0 Å². The fraction of sp³-hybridized carbons (Fsp3) is 0.0556. The van der Waals surface area contributed by atoms with Crippen LogP contribution >= 0.6 is 0 Å². The highest BCUT2D eigenvalue weighted by atomic mass is 16.6. The number of fused-ring (bicyclic) bond motifs is 4. The van der Waals surface area contributed by atoms with Gasteiger partial charge in [0.15, 0.2) is 7.05 Å². The van der Waals surface area contributed by atoms with Crippen molar-refractivity contribution in [2.45, 2.75) is 0 Å². The van der Waals surface area contributed by atoms with Crippen molar-refractivity contribution in [3.8, 4) is 0 Å². The van der Waals surface area contributed by atoms with E-state index in [4.69, 9.17) is 20.8 Å². The van der Waals surface area contributed by atoms with Crippen LogP contribution in [0.4, 0.5) is 5.69 Å². The van der Waals surface area contributed by atoms with Gasteiger partial charge in [0.2, 0.25) is 0 Å². The van der Waals surface area contributed by atoms with Crippen molar-refractivity contribution in [1.29, 1.82) is 0 Å². The monoisotopic (exact) mass is 305 g/mol. The molecule has 2 N–H and O–H groups in total. The van der Waals surface area contributed by atoms with Crippen LogP contribution in [-0.4, -0.2) is 17.0 Å². The molecule has 0 bridgehead atoms. The Morgan fingerprint density at radius 1 is 0.913 bits per heavy atom. The highest BCUT2D eigenvalue weighted by molar-refractivity contribution is 6.15. The van der Waals surface area contributed by atoms with Crippen LogP contribution in [0.5, 0.6) is 0 Å². The molecule has 4 aromatic rings. The zero-order chi connectivity index (χ0) is 16.4. The lowest BCUT2D eigenvalue weighted by molar-refractivity contribution is -0.445. The van der Waals surface area contributed by atoms with Crippen LogP contribution in [0, 0.1) is 10.1 Å². The summed E-state index contributed by atoms with van der Waals surface area (Å²) in [5, 5.41) is 13.2. The summed E-state index contributed by atoms with van der Waals surface area (Å²) in [5.41, 5.74) is 9.05. The second kappa shape index (κ2) is 5.88. The van der Waals surface area contributed by atoms with Crippen molar-refractivity contribution >= 4 is 38.3 Å². The number of hydrogen-bond donors (Lipinski definition) is 1. The number of anilines is 1. The Morgan fingerprint density at radius 3 is 2.26 bits per heavy atom. The first-order valence-corrected chi connectivity index (χ1v) is 7.11. The molecule has 0 aliphatic carbocycles. The topological polar surface area (TPSA) is 82.0 Å². The standard InChI is InChI=1S/C17H12N2.CH3NO2/c18-16-13-7-3-4-8-15(13)19-17-12-6-2-1-5-11(12)9-10-14(16)17;1-2(3)4/h1-10H,(H2,18,19);1H3. The van der Waals surface area contributed by atoms with E-state index in [1.165, 1.54) is 5.39 Å². The summed E-state index contributed by atoms with van der Waals surface area (Å²) in [7, 11) is 0.889. The zero-order valence-corrected chi connectivity index (χ0v) is 12.6. The van der Waals surface area contributed by atoms with Crippen molar-refractivity contribution in [3.63, 3.8) is 0 Å². The summed E-state index contributed by atoms with van der Waals surface area (Å²) >= 11 is 0. The Balaban J connectivity index is 0.000000354. The molecule has 0 aliphatic heterocycles. The van der Waals surface area contributed by atoms with E-state index in [0.29, 0.717) is 0 Å². The van der Waals surface area contributed by atoms with Crippen molar-refractivity contribution in [3.05, 3.63) is 70.8 Å². The molecule has 0 radical (unpaired) electrons. The number of nitrogen functional groups attached to an aromatic ring is 1. The Kier molecular flexibility index (Phi) is 3.76. The fourth-order valence-corrected chi connectivity index (χ4v) is 2.66. The van der Waals surface area contributed by atoms with E-state index in [-0.39, 0.29) is 0 Å². The number of nitro groups is 1. The van der Waals surface area contributed by atoms with Gasteiger partial charge in [0.25, 0.3) is 0 Å². The molecule has 0 saturated heterocycles. The van der Waals surface area contributed by atoms with Crippen LogP contribution < -0.4 is 5.73 Å². The minimum Gasteiger partial charge on any atom is -0.398 e. The van der Waals surface area contributed by atoms with E-state index < -0.39 is 4.92 Å². The van der Waals surface area contributed by atoms with Gasteiger partial charge in [-0.2, -0.15) is 0 Å². The van der Waals surface area contributed by atoms with Crippen molar-refractivity contribution in [1.82, 2.24) is 4.98 Å². The molecule has 3 aromatic carbocycles. The summed E-state index contributed by atoms with van der Waals surface area (Å²) in [5.74, 6) is 0. The summed E-state index contributed by atoms with van der Waals surface area (Å²) in [4.78, 5) is 13.1. The van der Waals surface area contributed by atoms with Crippen molar-refractivity contribution < 1.29 is 4.92 Å². The number of nitrogens with zero attached hydrogens (tertiary/aromatic N) is 2. The molecule has 1 heterocycles. The Bertz CT molecular complexity index is 1020. The molecule has 0 aliphatic rings. The summed E-state index contributed by atoms with van der Waals surface area (Å²) in [6.45, 7) is 0. The largest absolute Gasteiger partial charge is 0.398 e. The lowest BCUT2D eigenvalue weighted by atomic mass is 10.0. The van der Waals surface area contributed by atoms with Gasteiger partial charge in [0.1, 0.15) is 0 Å². The molecule has 1 aromatic heterocycles. The number of nitrogens with two attached hydrogens (primary N) is 1. The maximum atomic E-state index is 8.81. The average molecular weight is 305 g/mol. The second-order valence-electron chi connectivity index (χ2n) is 5.17. The van der Waals surface area contributed by atoms with Crippen LogP contribution in [-0.2, 0) is 0 Å². The molecule has 0 amide bonds. The third-order valence-electron chi connectivity index (χ3n) is 3.62. The fourth-order valence-electron chi connectivity index (χ4n) is 2.66. The third kappa shape index (κ3) is 2.76. The first kappa shape index (κ1) is 14.7. The molecular formula is C18H15N3O2. The van der Waals surface area contributed by atoms with Crippen LogP contribution in [0.1, 0.15) is 0 Å². The zero-order valence-electron chi connectivity index (χ0n) is 12.6. The molecule has 5 nitrogen and oxygen atoms in total. The first-order valence-electron chi connectivity index (χ1n) is 7.11. The molecule has 23 heavy (non-hydrogen) atoms. The highest BCUT2D eigenvalue weighted by Crippen LogP contribution is 2.32. The van der Waals surface area contributed by atoms with E-state index in [0.717, 1.165) is 39.9 Å². The van der Waals surface area contributed by atoms with Gasteiger partial charge in [-0.15, -0.1) is 0 Å². The molecule has 0 spiro atoms. The first-order chi connectivity index (χ1) is 11.1. The SMILES string of the molecule is C[N+](=O)[O-].Nc1c2ccccc2nc2c1ccc1ccccc12. The van der Waals surface area contributed by atoms with E-state index in [1.54, 1.807) is 0 Å². The summed E-state index contributed by atoms with van der Waals surface area (Å²) in [6.07, 6.45) is 0. The predicted octanol–water partition coefficient (Wildman–Crippen LogP) is 4.02. The molecule has 5 heteroatoms. The number of benzene rings is 3. The van der Waals surface area contributed by atoms with Crippen molar-refractivity contribution in [2.24, 2.45) is 0 Å². The predicted molar refractivity (Wildman–Crippen MR) is 94.1 cm³/mol. The number of rotatable bonds is 0. The molecule has 4 rings (SSSR count). The van der Waals surface area contributed by atoms with E-state index in [1.807, 2.05) is 36.4 Å². The third-order valence-corrected chi connectivity index (χ3v) is 3.62. The second-order valence-corrected chi connectivity index (χ2v) is 5.17. The summed E-state index contributed by atoms with van der Waals surface area (Å²) in [6, 6.07) is 20.4. The molecular weight excluding hydrogens is 290 g/mol. The molecule has 0 atom stereocenters. The van der Waals surface area contributed by atoms with Gasteiger partial charge >= 0.3 is 0 Å². The minimum absolute atomic E-state index is 0.500. The van der Waals surface area contributed by atoms with E-state index in [2.05, 4.69) is 24.3 Å². The van der Waals surface area contributed by atoms with Crippen LogP contribution in [0.25, 0.3) is 32.6 Å². The number of hydrogen-bond acceptors (Lipinski definition) is 4. The van der Waals surface area contributed by atoms with E-state index >= 15 is 0 Å². The summed E-state index contributed by atoms with van der Waals surface area (Å²) < 4.78 is 0. The van der Waals surface area contributed by atoms with Gasteiger partial charge in [-0.3, -0.25) is 10.1 Å². The van der Waals surface area contributed by atoms with Crippen LogP contribution in [0.2, 0.25) is 0 Å². The maximum absolute atomic E-state index is 8.81. The average Bonchev–Trinajstić information content (AvgIpc) is 2.54. The molecule has 0 fully saturated rings. The molecule has 114 valence electrons. The Labute approximate surface area is 132 Å². The quantitative estimate of drug-likeness (QED) is 0.230. The number of para-hydroxylation sites is 1.